The highest BCUT2D eigenvalue weighted by Gasteiger charge is 2.34. The molecule has 0 bridgehead atoms. The number of carbonyl (C=O) groups is 2. The lowest BCUT2D eigenvalue weighted by Gasteiger charge is -2.18. The zero-order valence-corrected chi connectivity index (χ0v) is 13.1. The van der Waals surface area contributed by atoms with Gasteiger partial charge in [-0.3, -0.25) is 9.59 Å². The van der Waals surface area contributed by atoms with E-state index >= 15 is 0 Å². The number of hydrogen-bond acceptors (Lipinski definition) is 2. The van der Waals surface area contributed by atoms with Gasteiger partial charge in [-0.15, -0.1) is 0 Å². The minimum absolute atomic E-state index is 0.0333. The van der Waals surface area contributed by atoms with Gasteiger partial charge in [-0.25, -0.2) is 0 Å². The van der Waals surface area contributed by atoms with Gasteiger partial charge in [-0.05, 0) is 71.3 Å². The first-order chi connectivity index (χ1) is 8.40. The first-order valence-electron chi connectivity index (χ1n) is 5.66. The Hall–Kier alpha value is -0.620. The van der Waals surface area contributed by atoms with E-state index in [9.17, 15) is 9.59 Å². The summed E-state index contributed by atoms with van der Waals surface area (Å²) in [5, 5.41) is -0.426. The Morgan fingerprint density at radius 1 is 1.39 bits per heavy atom. The van der Waals surface area contributed by atoms with Gasteiger partial charge in [-0.2, -0.15) is 0 Å². The van der Waals surface area contributed by atoms with Crippen LogP contribution >= 0.6 is 34.2 Å². The van der Waals surface area contributed by atoms with Crippen molar-refractivity contribution in [2.75, 3.05) is 11.4 Å². The third-order valence-electron chi connectivity index (χ3n) is 3.18. The number of nitrogens with zero attached hydrogens (tertiary/aromatic N) is 1. The van der Waals surface area contributed by atoms with Crippen molar-refractivity contribution < 1.29 is 9.59 Å². The summed E-state index contributed by atoms with van der Waals surface area (Å²) in [7, 11) is 0. The molecular weight excluding hydrogens is 365 g/mol. The van der Waals surface area contributed by atoms with Crippen molar-refractivity contribution >= 4 is 51.0 Å². The molecular formula is C13H13ClINO2. The Balaban J connectivity index is 2.33. The maximum absolute atomic E-state index is 11.9. The first-order valence-corrected chi connectivity index (χ1v) is 7.12. The average molecular weight is 378 g/mol. The molecule has 0 saturated carbocycles. The van der Waals surface area contributed by atoms with E-state index in [1.165, 1.54) is 3.57 Å². The van der Waals surface area contributed by atoms with E-state index in [1.807, 2.05) is 26.0 Å². The fourth-order valence-corrected chi connectivity index (χ4v) is 2.65. The van der Waals surface area contributed by atoms with Gasteiger partial charge < -0.3 is 4.90 Å². The van der Waals surface area contributed by atoms with Crippen molar-refractivity contribution in [3.63, 3.8) is 0 Å². The van der Waals surface area contributed by atoms with Crippen molar-refractivity contribution in [2.24, 2.45) is 5.92 Å². The second kappa shape index (κ2) is 5.17. The lowest BCUT2D eigenvalue weighted by atomic mass is 10.1. The summed E-state index contributed by atoms with van der Waals surface area (Å²) in [4.78, 5) is 24.7. The van der Waals surface area contributed by atoms with Crippen LogP contribution in [0.15, 0.2) is 12.1 Å². The van der Waals surface area contributed by atoms with Gasteiger partial charge >= 0.3 is 0 Å². The molecule has 1 aromatic rings. The average Bonchev–Trinajstić information content (AvgIpc) is 2.68. The number of benzene rings is 1. The van der Waals surface area contributed by atoms with Crippen LogP contribution in [0.3, 0.4) is 0 Å². The number of anilines is 1. The van der Waals surface area contributed by atoms with Gasteiger partial charge in [-0.1, -0.05) is 0 Å². The molecule has 0 radical (unpaired) electrons. The Morgan fingerprint density at radius 3 is 2.39 bits per heavy atom. The van der Waals surface area contributed by atoms with Crippen molar-refractivity contribution in [1.82, 2.24) is 0 Å². The quantitative estimate of drug-likeness (QED) is 0.587. The maximum atomic E-state index is 11.9. The van der Waals surface area contributed by atoms with Crippen LogP contribution in [-0.4, -0.2) is 17.7 Å². The van der Waals surface area contributed by atoms with Crippen LogP contribution in [0.2, 0.25) is 0 Å². The Labute approximate surface area is 125 Å². The standard InChI is InChI=1S/C13H13ClINO2/c1-7-3-10(4-8(2)12(7)15)16-6-9(13(14)18)5-11(16)17/h3-4,9H,5-6H2,1-2H3/t9-/m1/s1. The number of halogens is 2. The lowest BCUT2D eigenvalue weighted by Crippen LogP contribution is -2.25. The van der Waals surface area contributed by atoms with Gasteiger partial charge in [0.1, 0.15) is 0 Å². The van der Waals surface area contributed by atoms with Crippen LogP contribution in [0.1, 0.15) is 17.5 Å². The van der Waals surface area contributed by atoms with Crippen molar-refractivity contribution in [3.8, 4) is 0 Å². The summed E-state index contributed by atoms with van der Waals surface area (Å²) in [6.07, 6.45) is 0.215. The number of hydrogen-bond donors (Lipinski definition) is 0. The lowest BCUT2D eigenvalue weighted by molar-refractivity contribution is -0.120. The normalized spacial score (nSPS) is 19.4. The Kier molecular flexibility index (Phi) is 3.96. The summed E-state index contributed by atoms with van der Waals surface area (Å²) < 4.78 is 1.20. The third-order valence-corrected chi connectivity index (χ3v) is 5.19. The zero-order valence-electron chi connectivity index (χ0n) is 10.2. The highest BCUT2D eigenvalue weighted by Crippen LogP contribution is 2.30. The van der Waals surface area contributed by atoms with Gasteiger partial charge in [0.05, 0.1) is 5.92 Å². The van der Waals surface area contributed by atoms with Crippen LogP contribution in [-0.2, 0) is 9.59 Å². The van der Waals surface area contributed by atoms with Crippen LogP contribution in [0.5, 0.6) is 0 Å². The maximum Gasteiger partial charge on any atom is 0.227 e. The third kappa shape index (κ3) is 2.54. The largest absolute Gasteiger partial charge is 0.312 e. The predicted octanol–water partition coefficient (Wildman–Crippen LogP) is 3.03. The van der Waals surface area contributed by atoms with Gasteiger partial charge in [0.15, 0.2) is 0 Å². The molecule has 18 heavy (non-hydrogen) atoms. The molecule has 1 saturated heterocycles. The molecule has 2 rings (SSSR count). The molecule has 0 aromatic heterocycles. The van der Waals surface area contributed by atoms with E-state index in [1.54, 1.807) is 4.90 Å². The second-order valence-corrected chi connectivity index (χ2v) is 6.05. The summed E-state index contributed by atoms with van der Waals surface area (Å²) in [5.74, 6) is -0.409. The monoisotopic (exact) mass is 377 g/mol. The number of rotatable bonds is 2. The second-order valence-electron chi connectivity index (χ2n) is 4.60. The number of amides is 1. The van der Waals surface area contributed by atoms with Gasteiger partial charge in [0.2, 0.25) is 11.1 Å². The van der Waals surface area contributed by atoms with Crippen LogP contribution in [0.25, 0.3) is 0 Å². The Morgan fingerprint density at radius 2 is 1.94 bits per heavy atom. The van der Waals surface area contributed by atoms with E-state index in [4.69, 9.17) is 11.6 Å². The summed E-state index contributed by atoms with van der Waals surface area (Å²) in [6.45, 7) is 4.42. The van der Waals surface area contributed by atoms with E-state index < -0.39 is 5.24 Å². The van der Waals surface area contributed by atoms with E-state index in [2.05, 4.69) is 22.6 Å². The molecule has 3 nitrogen and oxygen atoms in total. The topological polar surface area (TPSA) is 37.4 Å². The van der Waals surface area contributed by atoms with Crippen LogP contribution in [0.4, 0.5) is 5.69 Å². The summed E-state index contributed by atoms with van der Waals surface area (Å²) in [5.41, 5.74) is 3.13. The van der Waals surface area contributed by atoms with Gasteiger partial charge in [0.25, 0.3) is 0 Å². The molecule has 5 heteroatoms. The molecule has 1 atom stereocenters. The first kappa shape index (κ1) is 13.8. The molecule has 1 aliphatic heterocycles. The molecule has 96 valence electrons. The molecule has 0 N–H and O–H groups in total. The molecule has 1 aliphatic rings. The molecule has 1 heterocycles. The zero-order chi connectivity index (χ0) is 13.4. The molecule has 1 aromatic carbocycles. The molecule has 0 unspecified atom stereocenters. The smallest absolute Gasteiger partial charge is 0.227 e. The fourth-order valence-electron chi connectivity index (χ4n) is 2.19. The van der Waals surface area contributed by atoms with Crippen LogP contribution in [0, 0.1) is 23.3 Å². The SMILES string of the molecule is Cc1cc(N2C[C@H](C(=O)Cl)CC2=O)cc(C)c1I. The molecule has 0 spiro atoms. The van der Waals surface area contributed by atoms with E-state index in [-0.39, 0.29) is 18.2 Å². The number of aryl methyl sites for hydroxylation is 2. The van der Waals surface area contributed by atoms with Gasteiger partial charge in [0, 0.05) is 22.2 Å². The predicted molar refractivity (Wildman–Crippen MR) is 80.0 cm³/mol. The van der Waals surface area contributed by atoms with Crippen molar-refractivity contribution in [1.29, 1.82) is 0 Å². The van der Waals surface area contributed by atoms with Crippen molar-refractivity contribution in [2.45, 2.75) is 20.3 Å². The summed E-state index contributed by atoms with van der Waals surface area (Å²) in [6, 6.07) is 3.96. The minimum Gasteiger partial charge on any atom is -0.312 e. The highest BCUT2D eigenvalue weighted by molar-refractivity contribution is 14.1. The van der Waals surface area contributed by atoms with E-state index in [0.717, 1.165) is 16.8 Å². The molecule has 0 aliphatic carbocycles. The highest BCUT2D eigenvalue weighted by atomic mass is 127. The summed E-state index contributed by atoms with van der Waals surface area (Å²) >= 11 is 7.76. The Bertz CT molecular complexity index is 507. The fraction of sp³-hybridized carbons (Fsp3) is 0.385. The van der Waals surface area contributed by atoms with Crippen LogP contribution < -0.4 is 4.90 Å². The number of carbonyl (C=O) groups excluding carboxylic acids is 2. The minimum atomic E-state index is -0.426. The molecule has 1 amide bonds. The van der Waals surface area contributed by atoms with Crippen molar-refractivity contribution in [3.05, 3.63) is 26.8 Å². The van der Waals surface area contributed by atoms with E-state index in [0.29, 0.717) is 6.54 Å². The molecule has 1 fully saturated rings.